The molecule has 0 radical (unpaired) electrons. The van der Waals surface area contributed by atoms with Gasteiger partial charge in [0.1, 0.15) is 5.76 Å². The third-order valence-electron chi connectivity index (χ3n) is 2.23. The van der Waals surface area contributed by atoms with Gasteiger partial charge in [-0.1, -0.05) is 6.08 Å². The molecule has 1 N–H and O–H groups in total. The number of carbonyl (C=O) groups excluding carboxylic acids is 1. The average Bonchev–Trinajstić information content (AvgIpc) is 2.77. The van der Waals surface area contributed by atoms with E-state index in [1.54, 1.807) is 18.2 Å². The Hall–Kier alpha value is -1.59. The minimum absolute atomic E-state index is 0.0679. The third-order valence-corrected chi connectivity index (χ3v) is 2.23. The fraction of sp³-hybridized carbons (Fsp3) is 0.417. The van der Waals surface area contributed by atoms with Crippen molar-refractivity contribution in [2.24, 2.45) is 0 Å². The number of rotatable bonds is 7. The highest BCUT2D eigenvalue weighted by molar-refractivity contribution is 5.86. The number of aliphatic hydroxyl groups excluding tert-OH is 1. The second-order valence-electron chi connectivity index (χ2n) is 3.50. The second kappa shape index (κ2) is 6.88. The molecule has 5 nitrogen and oxygen atoms in total. The van der Waals surface area contributed by atoms with Crippen LogP contribution in [0.4, 0.5) is 0 Å². The van der Waals surface area contributed by atoms with Gasteiger partial charge in [0.2, 0.25) is 5.76 Å². The zero-order valence-corrected chi connectivity index (χ0v) is 9.89. The normalized spacial score (nSPS) is 10.5. The van der Waals surface area contributed by atoms with E-state index in [2.05, 4.69) is 11.3 Å². The largest absolute Gasteiger partial charge is 0.463 e. The summed E-state index contributed by atoms with van der Waals surface area (Å²) >= 11 is 0. The number of methoxy groups -OCH3 is 1. The molecule has 0 bridgehead atoms. The molecule has 0 amide bonds. The van der Waals surface area contributed by atoms with E-state index in [0.29, 0.717) is 25.4 Å². The maximum Gasteiger partial charge on any atom is 0.373 e. The van der Waals surface area contributed by atoms with Crippen molar-refractivity contribution >= 4 is 5.97 Å². The Morgan fingerprint density at radius 3 is 3.00 bits per heavy atom. The third kappa shape index (κ3) is 4.05. The highest BCUT2D eigenvalue weighted by Crippen LogP contribution is 2.11. The molecule has 0 aliphatic heterocycles. The highest BCUT2D eigenvalue weighted by Gasteiger charge is 2.12. The van der Waals surface area contributed by atoms with Gasteiger partial charge in [-0.25, -0.2) is 4.79 Å². The lowest BCUT2D eigenvalue weighted by Crippen LogP contribution is -2.26. The SMILES string of the molecule is C=CCN(CCO)Cc1ccc(C(=O)OC)o1. The number of hydrogen-bond donors (Lipinski definition) is 1. The van der Waals surface area contributed by atoms with Crippen LogP contribution in [0.2, 0.25) is 0 Å². The number of carbonyl (C=O) groups is 1. The van der Waals surface area contributed by atoms with Crippen molar-refractivity contribution in [1.29, 1.82) is 0 Å². The standard InChI is InChI=1S/C12H17NO4/c1-3-6-13(7-8-14)9-10-4-5-11(17-10)12(15)16-2/h3-5,14H,1,6-9H2,2H3. The van der Waals surface area contributed by atoms with Gasteiger partial charge in [-0.15, -0.1) is 6.58 Å². The molecule has 1 heterocycles. The number of esters is 1. The molecule has 0 unspecified atom stereocenters. The number of hydrogen-bond acceptors (Lipinski definition) is 5. The van der Waals surface area contributed by atoms with E-state index in [-0.39, 0.29) is 12.4 Å². The van der Waals surface area contributed by atoms with Gasteiger partial charge in [-0.05, 0) is 12.1 Å². The van der Waals surface area contributed by atoms with Crippen LogP contribution in [0.5, 0.6) is 0 Å². The molecule has 0 aromatic carbocycles. The van der Waals surface area contributed by atoms with Crippen molar-refractivity contribution in [2.75, 3.05) is 26.8 Å². The first-order valence-corrected chi connectivity index (χ1v) is 5.32. The van der Waals surface area contributed by atoms with E-state index >= 15 is 0 Å². The van der Waals surface area contributed by atoms with Crippen LogP contribution in [-0.2, 0) is 11.3 Å². The summed E-state index contributed by atoms with van der Waals surface area (Å²) in [6, 6.07) is 3.30. The first-order valence-electron chi connectivity index (χ1n) is 5.32. The summed E-state index contributed by atoms with van der Waals surface area (Å²) in [4.78, 5) is 13.1. The molecule has 0 saturated heterocycles. The average molecular weight is 239 g/mol. The minimum atomic E-state index is -0.492. The lowest BCUT2D eigenvalue weighted by molar-refractivity contribution is 0.0561. The Kier molecular flexibility index (Phi) is 5.45. The summed E-state index contributed by atoms with van der Waals surface area (Å²) < 4.78 is 9.87. The van der Waals surface area contributed by atoms with Crippen molar-refractivity contribution in [3.63, 3.8) is 0 Å². The summed E-state index contributed by atoms with van der Waals surface area (Å²) in [5.74, 6) is 0.347. The quantitative estimate of drug-likeness (QED) is 0.569. The number of nitrogens with zero attached hydrogens (tertiary/aromatic N) is 1. The Morgan fingerprint density at radius 1 is 1.65 bits per heavy atom. The van der Waals surface area contributed by atoms with Crippen LogP contribution < -0.4 is 0 Å². The van der Waals surface area contributed by atoms with E-state index in [0.717, 1.165) is 0 Å². The smallest absolute Gasteiger partial charge is 0.373 e. The van der Waals surface area contributed by atoms with Gasteiger partial charge in [-0.3, -0.25) is 4.90 Å². The number of aliphatic hydroxyl groups is 1. The predicted octanol–water partition coefficient (Wildman–Crippen LogP) is 1.05. The zero-order chi connectivity index (χ0) is 12.7. The van der Waals surface area contributed by atoms with Crippen LogP contribution in [0.25, 0.3) is 0 Å². The molecule has 1 aromatic heterocycles. The van der Waals surface area contributed by atoms with Gasteiger partial charge in [0, 0.05) is 13.1 Å². The Bertz CT molecular complexity index is 372. The van der Waals surface area contributed by atoms with E-state index in [4.69, 9.17) is 9.52 Å². The maximum atomic E-state index is 11.2. The van der Waals surface area contributed by atoms with E-state index < -0.39 is 5.97 Å². The van der Waals surface area contributed by atoms with Gasteiger partial charge >= 0.3 is 5.97 Å². The summed E-state index contributed by atoms with van der Waals surface area (Å²) in [6.45, 7) is 5.40. The predicted molar refractivity (Wildman–Crippen MR) is 62.6 cm³/mol. The van der Waals surface area contributed by atoms with E-state index in [9.17, 15) is 4.79 Å². The van der Waals surface area contributed by atoms with Crippen molar-refractivity contribution in [3.8, 4) is 0 Å². The lowest BCUT2D eigenvalue weighted by Gasteiger charge is -2.17. The number of ether oxygens (including phenoxy) is 1. The Labute approximate surface area is 100 Å². The summed E-state index contributed by atoms with van der Waals surface area (Å²) in [6.07, 6.45) is 1.75. The zero-order valence-electron chi connectivity index (χ0n) is 9.89. The molecule has 17 heavy (non-hydrogen) atoms. The monoisotopic (exact) mass is 239 g/mol. The van der Waals surface area contributed by atoms with Gasteiger partial charge < -0.3 is 14.3 Å². The summed E-state index contributed by atoms with van der Waals surface area (Å²) in [5, 5.41) is 8.89. The topological polar surface area (TPSA) is 62.9 Å². The van der Waals surface area contributed by atoms with Crippen LogP contribution >= 0.6 is 0 Å². The lowest BCUT2D eigenvalue weighted by atomic mass is 10.3. The fourth-order valence-corrected chi connectivity index (χ4v) is 1.45. The van der Waals surface area contributed by atoms with Gasteiger partial charge in [-0.2, -0.15) is 0 Å². The fourth-order valence-electron chi connectivity index (χ4n) is 1.45. The minimum Gasteiger partial charge on any atom is -0.463 e. The molecule has 1 rings (SSSR count). The van der Waals surface area contributed by atoms with Crippen LogP contribution in [0, 0.1) is 0 Å². The van der Waals surface area contributed by atoms with Crippen molar-refractivity contribution in [3.05, 3.63) is 36.3 Å². The van der Waals surface area contributed by atoms with Crippen molar-refractivity contribution in [2.45, 2.75) is 6.54 Å². The van der Waals surface area contributed by atoms with Crippen LogP contribution in [0.15, 0.2) is 29.2 Å². The molecule has 0 saturated carbocycles. The Balaban J connectivity index is 2.62. The van der Waals surface area contributed by atoms with Gasteiger partial charge in [0.15, 0.2) is 0 Å². The first kappa shape index (κ1) is 13.5. The molecular weight excluding hydrogens is 222 g/mol. The maximum absolute atomic E-state index is 11.2. The number of furan rings is 1. The van der Waals surface area contributed by atoms with Crippen LogP contribution in [0.3, 0.4) is 0 Å². The highest BCUT2D eigenvalue weighted by atomic mass is 16.5. The van der Waals surface area contributed by atoms with Crippen molar-refractivity contribution in [1.82, 2.24) is 4.90 Å². The summed E-state index contributed by atoms with van der Waals surface area (Å²) in [5.41, 5.74) is 0. The molecule has 5 heteroatoms. The Morgan fingerprint density at radius 2 is 2.41 bits per heavy atom. The molecule has 0 fully saturated rings. The second-order valence-corrected chi connectivity index (χ2v) is 3.50. The molecule has 0 aliphatic rings. The van der Waals surface area contributed by atoms with Gasteiger partial charge in [0.25, 0.3) is 0 Å². The van der Waals surface area contributed by atoms with E-state index in [1.807, 2.05) is 4.90 Å². The molecule has 0 atom stereocenters. The van der Waals surface area contributed by atoms with Crippen molar-refractivity contribution < 1.29 is 19.1 Å². The summed E-state index contributed by atoms with van der Waals surface area (Å²) in [7, 11) is 1.31. The van der Waals surface area contributed by atoms with Crippen LogP contribution in [0.1, 0.15) is 16.3 Å². The van der Waals surface area contributed by atoms with Gasteiger partial charge in [0.05, 0.1) is 20.3 Å². The van der Waals surface area contributed by atoms with E-state index in [1.165, 1.54) is 7.11 Å². The molecular formula is C12H17NO4. The molecule has 0 aliphatic carbocycles. The van der Waals surface area contributed by atoms with Crippen LogP contribution in [-0.4, -0.2) is 42.8 Å². The molecule has 0 spiro atoms. The molecule has 1 aromatic rings. The molecule has 94 valence electrons. The first-order chi connectivity index (χ1) is 8.21.